The maximum Gasteiger partial charge on any atom is 0.335 e. The Labute approximate surface area is 206 Å². The molecule has 3 aliphatic rings. The predicted molar refractivity (Wildman–Crippen MR) is 127 cm³/mol. The molecule has 186 valence electrons. The molecule has 1 atom stereocenters. The van der Waals surface area contributed by atoms with Crippen LogP contribution in [0.1, 0.15) is 56.8 Å². The van der Waals surface area contributed by atoms with Crippen molar-refractivity contribution in [2.75, 3.05) is 24.6 Å². The highest BCUT2D eigenvalue weighted by Crippen LogP contribution is 2.34. The Balaban J connectivity index is 1.22. The molecule has 5 rings (SSSR count). The summed E-state index contributed by atoms with van der Waals surface area (Å²) in [5.74, 6) is -2.60. The number of ether oxygens (including phenoxy) is 1. The van der Waals surface area contributed by atoms with Crippen LogP contribution in [0.15, 0.2) is 42.5 Å². The van der Waals surface area contributed by atoms with Gasteiger partial charge in [-0.15, -0.1) is 0 Å². The highest BCUT2D eigenvalue weighted by Gasteiger charge is 2.46. The number of carboxylic acid groups (broad SMARTS) is 1. The number of hydrogen-bond acceptors (Lipinski definition) is 7. The number of fused-ring (bicyclic) bond motifs is 1. The van der Waals surface area contributed by atoms with Crippen LogP contribution < -0.4 is 15.0 Å². The van der Waals surface area contributed by atoms with Crippen molar-refractivity contribution in [2.45, 2.75) is 31.7 Å². The van der Waals surface area contributed by atoms with Crippen LogP contribution in [-0.2, 0) is 9.59 Å². The van der Waals surface area contributed by atoms with Gasteiger partial charge in [0.15, 0.2) is 0 Å². The van der Waals surface area contributed by atoms with Gasteiger partial charge in [0.25, 0.3) is 11.8 Å². The first-order valence-electron chi connectivity index (χ1n) is 11.9. The molecule has 1 unspecified atom stereocenters. The van der Waals surface area contributed by atoms with Gasteiger partial charge in [-0.05, 0) is 61.6 Å². The number of imide groups is 2. The summed E-state index contributed by atoms with van der Waals surface area (Å²) in [6.07, 6.45) is 1.87. The second-order valence-corrected chi connectivity index (χ2v) is 9.22. The molecule has 0 saturated carbocycles. The summed E-state index contributed by atoms with van der Waals surface area (Å²) >= 11 is 0. The highest BCUT2D eigenvalue weighted by molar-refractivity contribution is 6.24. The molecule has 10 heteroatoms. The molecule has 4 amide bonds. The molecule has 0 aliphatic carbocycles. The Morgan fingerprint density at radius 3 is 2.36 bits per heavy atom. The zero-order valence-corrected chi connectivity index (χ0v) is 19.4. The van der Waals surface area contributed by atoms with Crippen LogP contribution in [0.3, 0.4) is 0 Å². The van der Waals surface area contributed by atoms with E-state index in [4.69, 9.17) is 9.84 Å². The minimum atomic E-state index is -1.02. The van der Waals surface area contributed by atoms with E-state index in [1.165, 1.54) is 0 Å². The van der Waals surface area contributed by atoms with Crippen molar-refractivity contribution >= 4 is 35.3 Å². The van der Waals surface area contributed by atoms with Crippen LogP contribution in [0.2, 0.25) is 0 Å². The third kappa shape index (κ3) is 4.30. The van der Waals surface area contributed by atoms with Gasteiger partial charge in [0, 0.05) is 25.2 Å². The Kier molecular flexibility index (Phi) is 6.17. The average Bonchev–Trinajstić information content (AvgIpc) is 3.13. The largest absolute Gasteiger partial charge is 0.492 e. The summed E-state index contributed by atoms with van der Waals surface area (Å²) in [5, 5.41) is 11.3. The minimum absolute atomic E-state index is 0.0650. The second kappa shape index (κ2) is 9.44. The van der Waals surface area contributed by atoms with E-state index in [1.807, 2.05) is 12.1 Å². The molecule has 36 heavy (non-hydrogen) atoms. The van der Waals surface area contributed by atoms with Gasteiger partial charge in [-0.2, -0.15) is 0 Å². The molecular formula is C26H25N3O7. The number of carboxylic acids is 1. The number of aromatic carboxylic acids is 1. The molecule has 10 nitrogen and oxygen atoms in total. The van der Waals surface area contributed by atoms with E-state index in [-0.39, 0.29) is 35.4 Å². The van der Waals surface area contributed by atoms with Crippen LogP contribution in [0, 0.1) is 5.92 Å². The number of anilines is 1. The smallest absolute Gasteiger partial charge is 0.335 e. The number of piperidine rings is 2. The summed E-state index contributed by atoms with van der Waals surface area (Å²) in [7, 11) is 0. The van der Waals surface area contributed by atoms with E-state index >= 15 is 0 Å². The van der Waals surface area contributed by atoms with Crippen molar-refractivity contribution < 1.29 is 33.8 Å². The summed E-state index contributed by atoms with van der Waals surface area (Å²) in [6.45, 7) is 1.95. The first kappa shape index (κ1) is 23.5. The van der Waals surface area contributed by atoms with Gasteiger partial charge in [-0.1, -0.05) is 6.07 Å². The van der Waals surface area contributed by atoms with Crippen molar-refractivity contribution in [3.05, 3.63) is 59.2 Å². The van der Waals surface area contributed by atoms with Gasteiger partial charge in [0.1, 0.15) is 11.8 Å². The molecule has 3 heterocycles. The standard InChI is InChI=1S/C26H25N3O7/c30-21-9-8-19(23(31)27-21)29-24(32)18-2-1-3-20(22(18)25(29)33)36-14-15-10-12-28(13-11-15)17-6-4-16(5-7-17)26(34)35/h1-7,15,19H,8-14H2,(H,34,35)(H,27,30,31). The zero-order valence-electron chi connectivity index (χ0n) is 19.4. The topological polar surface area (TPSA) is 133 Å². The van der Waals surface area contributed by atoms with E-state index in [2.05, 4.69) is 10.2 Å². The fraction of sp³-hybridized carbons (Fsp3) is 0.346. The molecule has 0 spiro atoms. The van der Waals surface area contributed by atoms with Crippen molar-refractivity contribution in [3.63, 3.8) is 0 Å². The monoisotopic (exact) mass is 491 g/mol. The molecule has 2 N–H and O–H groups in total. The number of carbonyl (C=O) groups excluding carboxylic acids is 4. The molecule has 0 radical (unpaired) electrons. The quantitative estimate of drug-likeness (QED) is 0.587. The van der Waals surface area contributed by atoms with E-state index in [0.717, 1.165) is 36.5 Å². The number of benzene rings is 2. The Morgan fingerprint density at radius 2 is 1.69 bits per heavy atom. The first-order valence-corrected chi connectivity index (χ1v) is 11.9. The zero-order chi connectivity index (χ0) is 25.4. The number of amides is 4. The first-order chi connectivity index (χ1) is 17.3. The lowest BCUT2D eigenvalue weighted by molar-refractivity contribution is -0.136. The molecule has 3 aliphatic heterocycles. The third-order valence-corrected chi connectivity index (χ3v) is 7.00. The van der Waals surface area contributed by atoms with E-state index in [0.29, 0.717) is 12.4 Å². The summed E-state index contributed by atoms with van der Waals surface area (Å²) in [4.78, 5) is 64.1. The SMILES string of the molecule is O=C1CCC(N2C(=O)c3cccc(OCC4CCN(c5ccc(C(=O)O)cc5)CC4)c3C2=O)C(=O)N1. The minimum Gasteiger partial charge on any atom is -0.492 e. The van der Waals surface area contributed by atoms with E-state index < -0.39 is 35.6 Å². The number of carbonyl (C=O) groups is 5. The van der Waals surface area contributed by atoms with E-state index in [1.54, 1.807) is 30.3 Å². The van der Waals surface area contributed by atoms with Crippen LogP contribution >= 0.6 is 0 Å². The van der Waals surface area contributed by atoms with Crippen LogP contribution in [0.4, 0.5) is 5.69 Å². The number of nitrogens with one attached hydrogen (secondary N) is 1. The molecule has 2 saturated heterocycles. The van der Waals surface area contributed by atoms with Gasteiger partial charge in [-0.25, -0.2) is 4.79 Å². The molecule has 2 fully saturated rings. The van der Waals surface area contributed by atoms with Gasteiger partial charge in [-0.3, -0.25) is 29.4 Å². The molecule has 2 aromatic carbocycles. The second-order valence-electron chi connectivity index (χ2n) is 9.22. The third-order valence-electron chi connectivity index (χ3n) is 7.00. The van der Waals surface area contributed by atoms with Gasteiger partial charge >= 0.3 is 5.97 Å². The highest BCUT2D eigenvalue weighted by atomic mass is 16.5. The predicted octanol–water partition coefficient (Wildman–Crippen LogP) is 2.08. The van der Waals surface area contributed by atoms with E-state index in [9.17, 15) is 24.0 Å². The van der Waals surface area contributed by atoms with Crippen LogP contribution in [-0.4, -0.2) is 65.3 Å². The number of hydrogen-bond donors (Lipinski definition) is 2. The van der Waals surface area contributed by atoms with Crippen LogP contribution in [0.5, 0.6) is 5.75 Å². The van der Waals surface area contributed by atoms with Gasteiger partial charge in [0.05, 0.1) is 23.3 Å². The summed E-state index contributed by atoms with van der Waals surface area (Å²) in [5.41, 5.74) is 1.57. The fourth-order valence-corrected chi connectivity index (χ4v) is 4.98. The lowest BCUT2D eigenvalue weighted by Crippen LogP contribution is -2.54. The van der Waals surface area contributed by atoms with Crippen molar-refractivity contribution in [3.8, 4) is 5.75 Å². The Morgan fingerprint density at radius 1 is 0.972 bits per heavy atom. The normalized spacial score (nSPS) is 20.4. The maximum absolute atomic E-state index is 13.2. The van der Waals surface area contributed by atoms with Crippen molar-refractivity contribution in [2.24, 2.45) is 5.92 Å². The number of rotatable bonds is 6. The summed E-state index contributed by atoms with van der Waals surface area (Å²) in [6, 6.07) is 10.6. The van der Waals surface area contributed by atoms with Gasteiger partial charge < -0.3 is 14.7 Å². The Hall–Kier alpha value is -4.21. The van der Waals surface area contributed by atoms with Crippen molar-refractivity contribution in [1.29, 1.82) is 0 Å². The van der Waals surface area contributed by atoms with Crippen LogP contribution in [0.25, 0.3) is 0 Å². The van der Waals surface area contributed by atoms with Crippen molar-refractivity contribution in [1.82, 2.24) is 10.2 Å². The molecular weight excluding hydrogens is 466 g/mol. The molecule has 2 aromatic rings. The fourth-order valence-electron chi connectivity index (χ4n) is 4.98. The lowest BCUT2D eigenvalue weighted by atomic mass is 9.97. The molecule has 0 aromatic heterocycles. The maximum atomic E-state index is 13.2. The molecule has 0 bridgehead atoms. The van der Waals surface area contributed by atoms with Gasteiger partial charge in [0.2, 0.25) is 11.8 Å². The lowest BCUT2D eigenvalue weighted by Gasteiger charge is -2.33. The summed E-state index contributed by atoms with van der Waals surface area (Å²) < 4.78 is 6.03. The Bertz CT molecular complexity index is 1250. The number of nitrogens with zero attached hydrogens (tertiary/aromatic N) is 2. The average molecular weight is 492 g/mol.